The predicted octanol–water partition coefficient (Wildman–Crippen LogP) is 2.84. The highest BCUT2D eigenvalue weighted by Gasteiger charge is 2.26. The molecule has 0 saturated carbocycles. The van der Waals surface area contributed by atoms with E-state index in [0.717, 1.165) is 24.9 Å². The maximum Gasteiger partial charge on any atom is 0.272 e. The Balaban J connectivity index is 1.33. The molecule has 1 N–H and O–H groups in total. The van der Waals surface area contributed by atoms with Gasteiger partial charge >= 0.3 is 0 Å². The lowest BCUT2D eigenvalue weighted by Gasteiger charge is -2.26. The molecule has 0 spiro atoms. The monoisotopic (exact) mass is 423 g/mol. The minimum Gasteiger partial charge on any atom is -0.351 e. The fourth-order valence-electron chi connectivity index (χ4n) is 4.39. The maximum absolute atomic E-state index is 13.1. The van der Waals surface area contributed by atoms with Crippen molar-refractivity contribution in [1.82, 2.24) is 24.9 Å². The molecule has 1 aromatic carbocycles. The van der Waals surface area contributed by atoms with Gasteiger partial charge in [0, 0.05) is 32.2 Å². The van der Waals surface area contributed by atoms with Crippen molar-refractivity contribution in [1.29, 1.82) is 0 Å². The van der Waals surface area contributed by atoms with Gasteiger partial charge in [-0.15, -0.1) is 0 Å². The SMILES string of the molecule is Cc1ccc(CN2CCCn3nc(C(=O)NCCCN4CCCCC4)cc3C2=O)cc1. The summed E-state index contributed by atoms with van der Waals surface area (Å²) in [7, 11) is 0. The van der Waals surface area contributed by atoms with Crippen molar-refractivity contribution < 1.29 is 9.59 Å². The average molecular weight is 424 g/mol. The summed E-state index contributed by atoms with van der Waals surface area (Å²) in [5.74, 6) is -0.258. The Kier molecular flexibility index (Phi) is 7.02. The number of carbonyl (C=O) groups is 2. The molecule has 0 bridgehead atoms. The van der Waals surface area contributed by atoms with Crippen molar-refractivity contribution in [2.45, 2.75) is 52.1 Å². The normalized spacial score (nSPS) is 17.3. The number of piperidine rings is 1. The van der Waals surface area contributed by atoms with Crippen molar-refractivity contribution in [2.24, 2.45) is 0 Å². The van der Waals surface area contributed by atoms with Gasteiger partial charge in [-0.25, -0.2) is 0 Å². The van der Waals surface area contributed by atoms with Crippen molar-refractivity contribution in [3.8, 4) is 0 Å². The summed E-state index contributed by atoms with van der Waals surface area (Å²) in [6.45, 7) is 7.95. The number of aryl methyl sites for hydroxylation is 2. The summed E-state index contributed by atoms with van der Waals surface area (Å²) in [6.07, 6.45) is 5.65. The van der Waals surface area contributed by atoms with Crippen molar-refractivity contribution >= 4 is 11.8 Å². The molecule has 166 valence electrons. The first-order chi connectivity index (χ1) is 15.1. The Morgan fingerprint density at radius 3 is 2.58 bits per heavy atom. The number of rotatable bonds is 7. The van der Waals surface area contributed by atoms with Crippen LogP contribution in [-0.4, -0.2) is 64.1 Å². The lowest BCUT2D eigenvalue weighted by atomic mass is 10.1. The van der Waals surface area contributed by atoms with Crippen LogP contribution in [0, 0.1) is 6.92 Å². The van der Waals surface area contributed by atoms with E-state index in [-0.39, 0.29) is 11.8 Å². The topological polar surface area (TPSA) is 70.5 Å². The minimum absolute atomic E-state index is 0.0604. The van der Waals surface area contributed by atoms with E-state index in [2.05, 4.69) is 46.5 Å². The fraction of sp³-hybridized carbons (Fsp3) is 0.542. The number of likely N-dealkylation sites (tertiary alicyclic amines) is 1. The molecule has 1 aromatic heterocycles. The molecule has 7 heteroatoms. The van der Waals surface area contributed by atoms with Crippen molar-refractivity contribution in [3.05, 3.63) is 52.8 Å². The van der Waals surface area contributed by atoms with Crippen LogP contribution in [0.25, 0.3) is 0 Å². The van der Waals surface area contributed by atoms with Gasteiger partial charge in [0.2, 0.25) is 0 Å². The molecule has 0 radical (unpaired) electrons. The van der Waals surface area contributed by atoms with Gasteiger partial charge in [-0.05, 0) is 57.8 Å². The first kappa shape index (κ1) is 21.6. The molecule has 0 unspecified atom stereocenters. The zero-order valence-electron chi connectivity index (χ0n) is 18.5. The molecule has 2 aromatic rings. The minimum atomic E-state index is -0.197. The highest BCUT2D eigenvalue weighted by Crippen LogP contribution is 2.17. The number of amides is 2. The van der Waals surface area contributed by atoms with Gasteiger partial charge in [0.05, 0.1) is 0 Å². The number of fused-ring (bicyclic) bond motifs is 1. The molecule has 1 fully saturated rings. The van der Waals surface area contributed by atoms with Crippen LogP contribution >= 0.6 is 0 Å². The molecular formula is C24H33N5O2. The van der Waals surface area contributed by atoms with E-state index in [9.17, 15) is 9.59 Å². The number of carbonyl (C=O) groups excluding carboxylic acids is 2. The van der Waals surface area contributed by atoms with Gasteiger partial charge in [-0.2, -0.15) is 5.10 Å². The van der Waals surface area contributed by atoms with Gasteiger partial charge in [0.15, 0.2) is 5.69 Å². The molecule has 2 amide bonds. The standard InChI is InChI=1S/C24H33N5O2/c1-19-7-9-20(10-8-19)18-28-15-6-16-29-22(24(28)31)17-21(26-29)23(30)25-11-5-14-27-12-3-2-4-13-27/h7-10,17H,2-6,11-16,18H2,1H3,(H,25,30). The van der Waals surface area contributed by atoms with Gasteiger partial charge < -0.3 is 15.1 Å². The van der Waals surface area contributed by atoms with Gasteiger partial charge in [0.25, 0.3) is 11.8 Å². The Morgan fingerprint density at radius 2 is 1.81 bits per heavy atom. The number of aromatic nitrogens is 2. The van der Waals surface area contributed by atoms with Crippen LogP contribution < -0.4 is 5.32 Å². The third-order valence-corrected chi connectivity index (χ3v) is 6.20. The van der Waals surface area contributed by atoms with Crippen LogP contribution in [0.2, 0.25) is 0 Å². The zero-order valence-corrected chi connectivity index (χ0v) is 18.5. The third kappa shape index (κ3) is 5.53. The summed E-state index contributed by atoms with van der Waals surface area (Å²) < 4.78 is 1.69. The fourth-order valence-corrected chi connectivity index (χ4v) is 4.39. The molecule has 0 aliphatic carbocycles. The number of hydrogen-bond donors (Lipinski definition) is 1. The quantitative estimate of drug-likeness (QED) is 0.696. The van der Waals surface area contributed by atoms with E-state index in [4.69, 9.17) is 0 Å². The largest absolute Gasteiger partial charge is 0.351 e. The molecule has 0 atom stereocenters. The third-order valence-electron chi connectivity index (χ3n) is 6.20. The Hall–Kier alpha value is -2.67. The first-order valence-electron chi connectivity index (χ1n) is 11.5. The predicted molar refractivity (Wildman–Crippen MR) is 120 cm³/mol. The molecule has 1 saturated heterocycles. The van der Waals surface area contributed by atoms with E-state index in [1.165, 1.54) is 37.9 Å². The zero-order chi connectivity index (χ0) is 21.6. The van der Waals surface area contributed by atoms with E-state index in [1.54, 1.807) is 10.7 Å². The summed E-state index contributed by atoms with van der Waals surface area (Å²) in [6, 6.07) is 9.90. The Labute approximate surface area is 184 Å². The maximum atomic E-state index is 13.1. The summed E-state index contributed by atoms with van der Waals surface area (Å²) in [4.78, 5) is 30.0. The van der Waals surface area contributed by atoms with Crippen LogP contribution in [0.1, 0.15) is 64.2 Å². The molecule has 4 rings (SSSR count). The van der Waals surface area contributed by atoms with Gasteiger partial charge in [0.1, 0.15) is 5.69 Å². The van der Waals surface area contributed by atoms with E-state index >= 15 is 0 Å². The number of benzene rings is 1. The highest BCUT2D eigenvalue weighted by atomic mass is 16.2. The second kappa shape index (κ2) is 10.1. The lowest BCUT2D eigenvalue weighted by molar-refractivity contribution is 0.0745. The van der Waals surface area contributed by atoms with Crippen LogP contribution in [0.15, 0.2) is 30.3 Å². The number of nitrogens with one attached hydrogen (secondary N) is 1. The number of hydrogen-bond acceptors (Lipinski definition) is 4. The summed E-state index contributed by atoms with van der Waals surface area (Å²) in [5.41, 5.74) is 3.15. The van der Waals surface area contributed by atoms with Crippen molar-refractivity contribution in [3.63, 3.8) is 0 Å². The van der Waals surface area contributed by atoms with E-state index in [0.29, 0.717) is 37.6 Å². The van der Waals surface area contributed by atoms with Crippen molar-refractivity contribution in [2.75, 3.05) is 32.7 Å². The molecule has 3 heterocycles. The average Bonchev–Trinajstić information content (AvgIpc) is 3.16. The molecule has 31 heavy (non-hydrogen) atoms. The van der Waals surface area contributed by atoms with Crippen LogP contribution in [0.5, 0.6) is 0 Å². The highest BCUT2D eigenvalue weighted by molar-refractivity contribution is 5.98. The molecule has 2 aliphatic heterocycles. The molecular weight excluding hydrogens is 390 g/mol. The molecule has 7 nitrogen and oxygen atoms in total. The smallest absolute Gasteiger partial charge is 0.272 e. The van der Waals surface area contributed by atoms with Crippen LogP contribution in [0.4, 0.5) is 0 Å². The van der Waals surface area contributed by atoms with Gasteiger partial charge in [-0.3, -0.25) is 14.3 Å². The summed E-state index contributed by atoms with van der Waals surface area (Å²) >= 11 is 0. The molecule has 2 aliphatic rings. The van der Waals surface area contributed by atoms with Crippen LogP contribution in [-0.2, 0) is 13.1 Å². The van der Waals surface area contributed by atoms with E-state index in [1.807, 2.05) is 4.90 Å². The van der Waals surface area contributed by atoms with Gasteiger partial charge in [-0.1, -0.05) is 36.2 Å². The second-order valence-corrected chi connectivity index (χ2v) is 8.72. The Morgan fingerprint density at radius 1 is 1.03 bits per heavy atom. The lowest BCUT2D eigenvalue weighted by Crippen LogP contribution is -2.33. The van der Waals surface area contributed by atoms with Crippen LogP contribution in [0.3, 0.4) is 0 Å². The first-order valence-corrected chi connectivity index (χ1v) is 11.5. The second-order valence-electron chi connectivity index (χ2n) is 8.72. The summed E-state index contributed by atoms with van der Waals surface area (Å²) in [5, 5.41) is 7.40. The number of nitrogens with zero attached hydrogens (tertiary/aromatic N) is 4. The van der Waals surface area contributed by atoms with E-state index < -0.39 is 0 Å². The Bertz CT molecular complexity index is 899.